The second-order valence-electron chi connectivity index (χ2n) is 5.28. The molecule has 134 valence electrons. The molecule has 0 aromatic heterocycles. The number of carboxylic acid groups (broad SMARTS) is 1. The molecule has 0 aliphatic carbocycles. The van der Waals surface area contributed by atoms with Gasteiger partial charge in [-0.3, -0.25) is 0 Å². The summed E-state index contributed by atoms with van der Waals surface area (Å²) in [6.45, 7) is -0.610. The third kappa shape index (κ3) is 4.67. The van der Waals surface area contributed by atoms with Gasteiger partial charge in [0.25, 0.3) is 0 Å². The first kappa shape index (κ1) is 19.1. The average Bonchev–Trinajstić information content (AvgIpc) is 2.59. The lowest BCUT2D eigenvalue weighted by molar-refractivity contribution is -0.308. The molecule has 5 N–H and O–H groups in total. The zero-order chi connectivity index (χ0) is 17.7. The van der Waals surface area contributed by atoms with Crippen LogP contribution < -0.4 is 0 Å². The lowest BCUT2D eigenvalue weighted by Gasteiger charge is -2.40. The molecule has 0 bridgehead atoms. The Labute approximate surface area is 142 Å². The van der Waals surface area contributed by atoms with E-state index in [4.69, 9.17) is 14.6 Å². The molecule has 0 amide bonds. The first-order valence-electron chi connectivity index (χ1n) is 7.30. The Morgan fingerprint density at radius 3 is 2.42 bits per heavy atom. The summed E-state index contributed by atoms with van der Waals surface area (Å²) in [7, 11) is 0. The van der Waals surface area contributed by atoms with Gasteiger partial charge in [-0.25, -0.2) is 4.79 Å². The fourth-order valence-corrected chi connectivity index (χ4v) is 3.11. The van der Waals surface area contributed by atoms with Gasteiger partial charge < -0.3 is 35.0 Å². The lowest BCUT2D eigenvalue weighted by Crippen LogP contribution is -2.60. The highest BCUT2D eigenvalue weighted by atomic mass is 32.2. The van der Waals surface area contributed by atoms with E-state index >= 15 is 0 Å². The number of aliphatic hydroxyl groups excluding tert-OH is 4. The van der Waals surface area contributed by atoms with Gasteiger partial charge >= 0.3 is 5.97 Å². The minimum atomic E-state index is -1.63. The van der Waals surface area contributed by atoms with E-state index in [2.05, 4.69) is 0 Å². The summed E-state index contributed by atoms with van der Waals surface area (Å²) in [5, 5.41) is 47.7. The van der Waals surface area contributed by atoms with E-state index in [0.29, 0.717) is 0 Å². The van der Waals surface area contributed by atoms with Crippen molar-refractivity contribution in [1.29, 1.82) is 0 Å². The molecule has 1 saturated heterocycles. The fraction of sp³-hybridized carbons (Fsp3) is 0.533. The Balaban J connectivity index is 2.00. The van der Waals surface area contributed by atoms with Crippen molar-refractivity contribution in [2.45, 2.75) is 41.7 Å². The van der Waals surface area contributed by atoms with Gasteiger partial charge in [0.05, 0.1) is 6.61 Å². The molecule has 2 rings (SSSR count). The van der Waals surface area contributed by atoms with Crippen molar-refractivity contribution in [3.8, 4) is 0 Å². The van der Waals surface area contributed by atoms with Crippen molar-refractivity contribution in [2.24, 2.45) is 0 Å². The largest absolute Gasteiger partial charge is 0.479 e. The zero-order valence-electron chi connectivity index (χ0n) is 12.6. The number of carbonyl (C=O) groups is 1. The van der Waals surface area contributed by atoms with Gasteiger partial charge in [-0.05, 0) is 12.1 Å². The standard InChI is InChI=1S/C15H20O8S/c16-6-9-11(17)12(18)13(19)15(22-9)23-10(14(20)21)7-24-8-4-2-1-3-5-8/h1-5,9-13,15-19H,6-7H2,(H,20,21)/t9-,10?,11-,12+,13-,15+/m1/s1. The van der Waals surface area contributed by atoms with Crippen LogP contribution in [0.3, 0.4) is 0 Å². The maximum atomic E-state index is 11.4. The third-order valence-electron chi connectivity index (χ3n) is 3.57. The first-order chi connectivity index (χ1) is 11.4. The highest BCUT2D eigenvalue weighted by Gasteiger charge is 2.45. The highest BCUT2D eigenvalue weighted by Crippen LogP contribution is 2.25. The topological polar surface area (TPSA) is 137 Å². The molecule has 0 saturated carbocycles. The van der Waals surface area contributed by atoms with E-state index < -0.39 is 49.4 Å². The number of aliphatic carboxylic acids is 1. The zero-order valence-corrected chi connectivity index (χ0v) is 13.5. The van der Waals surface area contributed by atoms with E-state index in [1.54, 1.807) is 0 Å². The molecule has 0 spiro atoms. The number of aliphatic hydroxyl groups is 4. The summed E-state index contributed by atoms with van der Waals surface area (Å²) in [4.78, 5) is 12.2. The van der Waals surface area contributed by atoms with Crippen LogP contribution in [-0.4, -0.2) is 80.7 Å². The van der Waals surface area contributed by atoms with Crippen LogP contribution in [0.25, 0.3) is 0 Å². The van der Waals surface area contributed by atoms with E-state index in [1.165, 1.54) is 11.8 Å². The van der Waals surface area contributed by atoms with Crippen molar-refractivity contribution >= 4 is 17.7 Å². The van der Waals surface area contributed by atoms with Crippen molar-refractivity contribution < 1.29 is 39.8 Å². The van der Waals surface area contributed by atoms with Crippen LogP contribution in [-0.2, 0) is 14.3 Å². The van der Waals surface area contributed by atoms with Gasteiger partial charge in [-0.1, -0.05) is 18.2 Å². The Morgan fingerprint density at radius 2 is 1.83 bits per heavy atom. The van der Waals surface area contributed by atoms with Crippen molar-refractivity contribution in [3.63, 3.8) is 0 Å². The van der Waals surface area contributed by atoms with Crippen molar-refractivity contribution in [3.05, 3.63) is 30.3 Å². The third-order valence-corrected chi connectivity index (χ3v) is 4.64. The summed E-state index contributed by atoms with van der Waals surface area (Å²) in [5.74, 6) is -1.20. The van der Waals surface area contributed by atoms with Crippen LogP contribution in [0.15, 0.2) is 35.2 Å². The van der Waals surface area contributed by atoms with Crippen LogP contribution in [0.4, 0.5) is 0 Å². The molecule has 0 radical (unpaired) electrons. The van der Waals surface area contributed by atoms with Gasteiger partial charge in [0.2, 0.25) is 0 Å². The molecule has 1 aromatic carbocycles. The van der Waals surface area contributed by atoms with E-state index in [0.717, 1.165) is 4.90 Å². The van der Waals surface area contributed by atoms with E-state index in [9.17, 15) is 25.2 Å². The number of thioether (sulfide) groups is 1. The second kappa shape index (κ2) is 8.77. The number of benzene rings is 1. The predicted octanol–water partition coefficient (Wildman–Crippen LogP) is -0.952. The summed E-state index contributed by atoms with van der Waals surface area (Å²) in [6, 6.07) is 9.10. The maximum Gasteiger partial charge on any atom is 0.333 e. The fourth-order valence-electron chi connectivity index (χ4n) is 2.20. The normalized spacial score (nSPS) is 31.6. The molecular formula is C15H20O8S. The molecule has 1 unspecified atom stereocenters. The monoisotopic (exact) mass is 360 g/mol. The minimum Gasteiger partial charge on any atom is -0.479 e. The molecular weight excluding hydrogens is 340 g/mol. The van der Waals surface area contributed by atoms with Gasteiger partial charge in [0.1, 0.15) is 24.4 Å². The summed E-state index contributed by atoms with van der Waals surface area (Å²) in [6.07, 6.45) is -8.70. The number of rotatable bonds is 7. The van der Waals surface area contributed by atoms with Crippen molar-refractivity contribution in [1.82, 2.24) is 0 Å². The minimum absolute atomic E-state index is 0.0500. The van der Waals surface area contributed by atoms with Gasteiger partial charge in [-0.2, -0.15) is 0 Å². The van der Waals surface area contributed by atoms with Gasteiger partial charge in [0, 0.05) is 10.6 Å². The van der Waals surface area contributed by atoms with Crippen molar-refractivity contribution in [2.75, 3.05) is 12.4 Å². The van der Waals surface area contributed by atoms with Crippen LogP contribution in [0.5, 0.6) is 0 Å². The van der Waals surface area contributed by atoms with Gasteiger partial charge in [0.15, 0.2) is 12.4 Å². The Bertz CT molecular complexity index is 525. The van der Waals surface area contributed by atoms with Crippen LogP contribution in [0.1, 0.15) is 0 Å². The molecule has 1 heterocycles. The SMILES string of the molecule is O=C(O)C(CSc1ccccc1)O[C@@H]1O[C@H](CO)[C@@H](O)[C@H](O)[C@H]1O. The molecule has 1 aliphatic rings. The maximum absolute atomic E-state index is 11.4. The first-order valence-corrected chi connectivity index (χ1v) is 8.29. The molecule has 9 heteroatoms. The van der Waals surface area contributed by atoms with Gasteiger partial charge in [-0.15, -0.1) is 11.8 Å². The van der Waals surface area contributed by atoms with Crippen LogP contribution in [0, 0.1) is 0 Å². The lowest BCUT2D eigenvalue weighted by atomic mass is 9.99. The summed E-state index contributed by atoms with van der Waals surface area (Å²) >= 11 is 1.25. The number of carboxylic acids is 1. The molecule has 6 atom stereocenters. The molecule has 24 heavy (non-hydrogen) atoms. The van der Waals surface area contributed by atoms with Crippen LogP contribution >= 0.6 is 11.8 Å². The summed E-state index contributed by atoms with van der Waals surface area (Å²) < 4.78 is 10.4. The second-order valence-corrected chi connectivity index (χ2v) is 6.38. The number of ether oxygens (including phenoxy) is 2. The van der Waals surface area contributed by atoms with Crippen LogP contribution in [0.2, 0.25) is 0 Å². The highest BCUT2D eigenvalue weighted by molar-refractivity contribution is 7.99. The quantitative estimate of drug-likeness (QED) is 0.390. The average molecular weight is 360 g/mol. The van der Waals surface area contributed by atoms with E-state index in [-0.39, 0.29) is 5.75 Å². The predicted molar refractivity (Wildman–Crippen MR) is 83.4 cm³/mol. The Hall–Kier alpha value is -1.20. The number of hydrogen-bond donors (Lipinski definition) is 5. The Morgan fingerprint density at radius 1 is 1.17 bits per heavy atom. The summed E-state index contributed by atoms with van der Waals surface area (Å²) in [5.41, 5.74) is 0. The number of hydrogen-bond acceptors (Lipinski definition) is 8. The van der Waals surface area contributed by atoms with E-state index in [1.807, 2.05) is 30.3 Å². The Kier molecular flexibility index (Phi) is 6.99. The molecule has 1 aromatic rings. The smallest absolute Gasteiger partial charge is 0.333 e. The molecule has 8 nitrogen and oxygen atoms in total. The molecule has 1 fully saturated rings. The molecule has 1 aliphatic heterocycles.